The van der Waals surface area contributed by atoms with Gasteiger partial charge in [0.1, 0.15) is 17.9 Å². The van der Waals surface area contributed by atoms with Crippen LogP contribution in [0.3, 0.4) is 0 Å². The third kappa shape index (κ3) is 16.9. The maximum Gasteiger partial charge on any atom is 0.127 e. The predicted molar refractivity (Wildman–Crippen MR) is 480 cm³/mol. The van der Waals surface area contributed by atoms with Crippen LogP contribution >= 0.6 is 11.6 Å². The van der Waals surface area contributed by atoms with Crippen molar-refractivity contribution in [3.8, 4) is 23.1 Å². The summed E-state index contributed by atoms with van der Waals surface area (Å²) in [7, 11) is 1.72. The monoisotopic (exact) mass is 1670 g/mol. The summed E-state index contributed by atoms with van der Waals surface area (Å²) in [6.07, 6.45) is 69.1. The minimum absolute atomic E-state index is 0.389. The van der Waals surface area contributed by atoms with E-state index in [-0.39, 0.29) is 0 Å². The molecule has 15 heteroatoms. The van der Waals surface area contributed by atoms with Gasteiger partial charge < -0.3 is 43.4 Å². The quantitative estimate of drug-likeness (QED) is 0.0671. The van der Waals surface area contributed by atoms with Crippen LogP contribution in [0.2, 0.25) is 0 Å². The molecule has 17 fully saturated rings. The SMILES string of the molecule is C=C(Cn1ccnc1)[C@H]1CC[C@H]2[C@@H]3CC[C@@H]4C[C@@](O)(C#CC5CC5)CC[C@@H]4[C@H]3CC[C@]12C.C=C(Cn1ccnc1)[C@H]1CC[C@H]2[C@@H]3CC[C@@H]4C[C@@](O)(C#CCl)CC[C@@H]4[C@H]3CC[C@]12C.C=C(Cn1ccnc1)[C@H]1CC[C@H]2[C@@H]3CC[C@@H]4C[C@@](O)(CF)CC[C@@H]4[C@H]3CC[C@]12C.C=C(Cn1ccnc1)[C@H]1CC[C@H]2[C@@H]3CC[C@@H]4C[C@@](O)(COC)CC[C@@H]4[C@H]3CC[C@]12C. The lowest BCUT2D eigenvalue weighted by atomic mass is 9.48. The molecule has 17 saturated carbocycles. The van der Waals surface area contributed by atoms with Gasteiger partial charge in [-0.05, 0) is 419 Å². The fraction of sp³-hybridized carbons (Fsp3) is 0.774. The fourth-order valence-corrected chi connectivity index (χ4v) is 34.7. The largest absolute Gasteiger partial charge is 0.387 e. The van der Waals surface area contributed by atoms with Crippen molar-refractivity contribution in [3.63, 3.8) is 0 Å². The molecule has 660 valence electrons. The number of nitrogens with zero attached hydrogens (tertiary/aromatic N) is 8. The zero-order valence-corrected chi connectivity index (χ0v) is 75.6. The molecule has 32 atom stereocenters. The maximum absolute atomic E-state index is 13.4. The number of aromatic nitrogens is 8. The van der Waals surface area contributed by atoms with Gasteiger partial charge in [0, 0.05) is 94.2 Å². The summed E-state index contributed by atoms with van der Waals surface area (Å²) in [6.45, 7) is 32.1. The summed E-state index contributed by atoms with van der Waals surface area (Å²) in [4.78, 5) is 16.8. The normalized spacial score (nSPS) is 45.5. The Balaban J connectivity index is 0.000000111. The van der Waals surface area contributed by atoms with Crippen molar-refractivity contribution in [2.45, 2.75) is 320 Å². The van der Waals surface area contributed by atoms with E-state index in [2.05, 4.69) is 134 Å². The van der Waals surface area contributed by atoms with Crippen LogP contribution in [0.1, 0.15) is 272 Å². The van der Waals surface area contributed by atoms with Crippen LogP contribution in [0.15, 0.2) is 123 Å². The van der Waals surface area contributed by atoms with E-state index in [9.17, 15) is 24.8 Å². The number of ether oxygens (including phenoxy) is 1. The van der Waals surface area contributed by atoms with Crippen LogP contribution in [-0.2, 0) is 30.9 Å². The molecule has 4 N–H and O–H groups in total. The molecule has 0 saturated heterocycles. The summed E-state index contributed by atoms with van der Waals surface area (Å²) in [5.41, 5.74) is 4.11. The Hall–Kier alpha value is -5.06. The van der Waals surface area contributed by atoms with Gasteiger partial charge in [-0.1, -0.05) is 94.1 Å². The van der Waals surface area contributed by atoms with Crippen LogP contribution in [0.25, 0.3) is 0 Å². The number of hydrogen-bond acceptors (Lipinski definition) is 9. The summed E-state index contributed by atoms with van der Waals surface area (Å²) in [5.74, 6) is 28.8. The Morgan fingerprint density at radius 2 is 0.669 bits per heavy atom. The van der Waals surface area contributed by atoms with Crippen molar-refractivity contribution in [2.24, 2.45) is 170 Å². The van der Waals surface area contributed by atoms with E-state index < -0.39 is 29.1 Å². The summed E-state index contributed by atoms with van der Waals surface area (Å²) in [5, 5.41) is 45.9. The van der Waals surface area contributed by atoms with Crippen molar-refractivity contribution in [1.82, 2.24) is 38.2 Å². The van der Waals surface area contributed by atoms with Gasteiger partial charge in [-0.15, -0.1) is 0 Å². The van der Waals surface area contributed by atoms with E-state index >= 15 is 0 Å². The Morgan fingerprint density at radius 3 is 0.967 bits per heavy atom. The topological polar surface area (TPSA) is 161 Å². The molecule has 17 aliphatic carbocycles. The third-order valence-electron chi connectivity index (χ3n) is 40.0. The Kier molecular flexibility index (Phi) is 25.0. The van der Waals surface area contributed by atoms with Crippen LogP contribution < -0.4 is 0 Å². The van der Waals surface area contributed by atoms with Crippen molar-refractivity contribution >= 4 is 11.6 Å². The molecule has 13 nitrogen and oxygen atoms in total. The summed E-state index contributed by atoms with van der Waals surface area (Å²) >= 11 is 5.64. The number of hydrogen-bond donors (Lipinski definition) is 4. The molecule has 121 heavy (non-hydrogen) atoms. The molecule has 0 radical (unpaired) electrons. The highest BCUT2D eigenvalue weighted by Crippen LogP contribution is 2.71. The number of fused-ring (bicyclic) bond motifs is 20. The Labute approximate surface area is 731 Å². The van der Waals surface area contributed by atoms with Crippen molar-refractivity contribution in [3.05, 3.63) is 123 Å². The highest BCUT2D eigenvalue weighted by atomic mass is 35.5. The second-order valence-electron chi connectivity index (χ2n) is 45.8. The molecule has 0 unspecified atom stereocenters. The Bertz CT molecular complexity index is 4380. The van der Waals surface area contributed by atoms with Crippen molar-refractivity contribution in [2.75, 3.05) is 20.4 Å². The zero-order chi connectivity index (χ0) is 84.0. The number of imidazole rings is 4. The molecule has 0 aromatic carbocycles. The highest BCUT2D eigenvalue weighted by Gasteiger charge is 2.64. The summed E-state index contributed by atoms with van der Waals surface area (Å²) in [6, 6.07) is 0. The fourth-order valence-electron chi connectivity index (χ4n) is 34.6. The molecule has 4 aromatic heterocycles. The second kappa shape index (κ2) is 34.8. The number of aliphatic hydroxyl groups is 4. The maximum atomic E-state index is 13.4. The number of rotatable bonds is 15. The molecule has 0 amide bonds. The second-order valence-corrected chi connectivity index (χ2v) is 46.0. The van der Waals surface area contributed by atoms with E-state index in [1.807, 2.05) is 56.3 Å². The smallest absolute Gasteiger partial charge is 0.127 e. The van der Waals surface area contributed by atoms with E-state index in [1.54, 1.807) is 7.11 Å². The number of halogens is 2. The number of methoxy groups -OCH3 is 1. The minimum Gasteiger partial charge on any atom is -0.387 e. The van der Waals surface area contributed by atoms with Gasteiger partial charge in [0.25, 0.3) is 0 Å². The van der Waals surface area contributed by atoms with E-state index in [0.29, 0.717) is 94.4 Å². The van der Waals surface area contributed by atoms with Crippen molar-refractivity contribution in [1.29, 1.82) is 0 Å². The lowest BCUT2D eigenvalue weighted by Gasteiger charge is -2.57. The van der Waals surface area contributed by atoms with Gasteiger partial charge in [0.2, 0.25) is 0 Å². The first kappa shape index (κ1) is 86.7. The standard InChI is InChI=1S/C29H40N2O.C26H35ClN2O.C26H40N2O2.C25H37FN2O/c1-20(18-31-16-15-30-19-31)26-7-8-27-25-6-5-22-17-29(32,13-9-21-3-4-21)14-11-23(22)24(25)10-12-28(26,27)2;1-18(16-29-14-13-28-17-29)23-5-6-24-22-4-3-19-15-26(30,11-12-27)10-8-20(19)21(22)7-9-25(23,24)2;1-18(15-28-13-12-27-17-28)23-6-7-24-22-5-4-19-14-26(29,16-30-3)11-9-20(19)21(22)8-10-25(23,24)2;1-17(14-28-12-11-27-16-28)22-5-6-23-21-4-3-18-13-25(29,15-26)10-8-19(18)20(21)7-9-24(22,23)2/h15-16,19,21-27,32H,1,3-8,10-12,14,17-18H2,2H3;13-14,17,19-24,30H,1,3-10,15-16H2,2H3;12-13,17,19-24,29H,1,4-11,14-16H2,2-3H3;11-12,16,18-23,29H,1,3-10,13-15H2,2H3/t22-,23+,24-,25-,26-,27+,28-,29-;19-,20+,21-,22-,23-,24+,25-,26+;19-,20+,21-,22-,23-,24+,25-,26-;18-,19+,20-,21-,22-,23+,24-,25-/m1111/s1. The van der Waals surface area contributed by atoms with E-state index in [4.69, 9.17) is 16.3 Å². The molecule has 0 bridgehead atoms. The lowest BCUT2D eigenvalue weighted by molar-refractivity contribution is -0.123. The molecular formula is C106H152ClFN8O5. The molecule has 17 aliphatic rings. The van der Waals surface area contributed by atoms with E-state index in [0.717, 1.165) is 172 Å². The summed E-state index contributed by atoms with van der Waals surface area (Å²) < 4.78 is 27.4. The van der Waals surface area contributed by atoms with Crippen LogP contribution in [0, 0.1) is 193 Å². The van der Waals surface area contributed by atoms with Gasteiger partial charge in [0.15, 0.2) is 0 Å². The molecule has 0 aliphatic heterocycles. The predicted octanol–water partition coefficient (Wildman–Crippen LogP) is 22.0. The minimum atomic E-state index is -1.03. The highest BCUT2D eigenvalue weighted by molar-refractivity contribution is 6.30. The lowest BCUT2D eigenvalue weighted by Crippen LogP contribution is -2.52. The van der Waals surface area contributed by atoms with Gasteiger partial charge in [-0.3, -0.25) is 0 Å². The number of allylic oxidation sites excluding steroid dienone is 4. The molecule has 21 rings (SSSR count). The number of alkyl halides is 1. The molecule has 4 aromatic rings. The average Bonchev–Trinajstić information content (AvgIpc) is 1.40. The van der Waals surface area contributed by atoms with E-state index in [1.165, 1.54) is 202 Å². The van der Waals surface area contributed by atoms with Crippen molar-refractivity contribution < 1.29 is 29.6 Å². The zero-order valence-electron chi connectivity index (χ0n) is 74.8. The first-order valence-electron chi connectivity index (χ1n) is 49.4. The van der Waals surface area contributed by atoms with Gasteiger partial charge in [-0.2, -0.15) is 0 Å². The first-order valence-corrected chi connectivity index (χ1v) is 49.8. The average molecular weight is 1670 g/mol. The van der Waals surface area contributed by atoms with Crippen LogP contribution in [0.5, 0.6) is 0 Å². The van der Waals surface area contributed by atoms with Crippen LogP contribution in [-0.4, -0.2) is 101 Å². The van der Waals surface area contributed by atoms with Gasteiger partial charge in [-0.25, -0.2) is 24.3 Å². The third-order valence-corrected chi connectivity index (χ3v) is 40.1. The molecule has 4 heterocycles. The Morgan fingerprint density at radius 1 is 0.372 bits per heavy atom. The first-order chi connectivity index (χ1) is 58.3. The molecular weight excluding hydrogens is 1520 g/mol. The van der Waals surface area contributed by atoms with Crippen LogP contribution in [0.4, 0.5) is 4.39 Å². The molecule has 0 spiro atoms. The van der Waals surface area contributed by atoms with Gasteiger partial charge >= 0.3 is 0 Å². The van der Waals surface area contributed by atoms with Gasteiger partial charge in [0.05, 0.1) is 43.1 Å².